The van der Waals surface area contributed by atoms with Crippen molar-refractivity contribution in [3.8, 4) is 0 Å². The predicted molar refractivity (Wildman–Crippen MR) is 95.2 cm³/mol. The van der Waals surface area contributed by atoms with Crippen LogP contribution in [-0.4, -0.2) is 18.5 Å². The third kappa shape index (κ3) is 4.11. The van der Waals surface area contributed by atoms with Gasteiger partial charge in [0, 0.05) is 12.5 Å². The molecule has 0 radical (unpaired) electrons. The Morgan fingerprint density at radius 1 is 1.09 bits per heavy atom. The van der Waals surface area contributed by atoms with E-state index < -0.39 is 0 Å². The summed E-state index contributed by atoms with van der Waals surface area (Å²) in [5, 5.41) is 5.69. The highest BCUT2D eigenvalue weighted by molar-refractivity contribution is 5.83. The van der Waals surface area contributed by atoms with Crippen LogP contribution in [0.2, 0.25) is 0 Å². The number of carbonyl (C=O) groups is 1. The van der Waals surface area contributed by atoms with Crippen molar-refractivity contribution in [3.05, 3.63) is 48.0 Å². The zero-order valence-electron chi connectivity index (χ0n) is 13.6. The van der Waals surface area contributed by atoms with Crippen molar-refractivity contribution in [1.82, 2.24) is 5.32 Å². The molecule has 3 rings (SSSR count). The number of hydrogen-bond donors (Lipinski definition) is 2. The van der Waals surface area contributed by atoms with Crippen LogP contribution in [-0.2, 0) is 11.2 Å². The maximum atomic E-state index is 12.3. The fourth-order valence-corrected chi connectivity index (χ4v) is 3.61. The molecule has 1 fully saturated rings. The number of rotatable bonds is 5. The second kappa shape index (κ2) is 7.60. The van der Waals surface area contributed by atoms with Crippen molar-refractivity contribution in [2.45, 2.75) is 44.6 Å². The second-order valence-electron chi connectivity index (χ2n) is 6.64. The third-order valence-electron chi connectivity index (χ3n) is 5.01. The quantitative estimate of drug-likeness (QED) is 0.889. The summed E-state index contributed by atoms with van der Waals surface area (Å²) < 4.78 is 0. The van der Waals surface area contributed by atoms with Gasteiger partial charge in [-0.25, -0.2) is 0 Å². The molecule has 1 amide bonds. The van der Waals surface area contributed by atoms with Crippen LogP contribution in [0.4, 0.5) is 0 Å². The number of fused-ring (bicyclic) bond motifs is 1. The van der Waals surface area contributed by atoms with Gasteiger partial charge in [0.1, 0.15) is 0 Å². The molecule has 2 unspecified atom stereocenters. The van der Waals surface area contributed by atoms with Gasteiger partial charge in [0.05, 0.1) is 0 Å². The highest BCUT2D eigenvalue weighted by Gasteiger charge is 2.24. The van der Waals surface area contributed by atoms with Crippen molar-refractivity contribution < 1.29 is 4.79 Å². The maximum absolute atomic E-state index is 12.3. The Morgan fingerprint density at radius 3 is 2.70 bits per heavy atom. The van der Waals surface area contributed by atoms with E-state index in [-0.39, 0.29) is 11.9 Å². The van der Waals surface area contributed by atoms with Crippen molar-refractivity contribution in [2.75, 3.05) is 6.54 Å². The summed E-state index contributed by atoms with van der Waals surface area (Å²) in [4.78, 5) is 12.3. The van der Waals surface area contributed by atoms with Gasteiger partial charge in [-0.2, -0.15) is 0 Å². The number of hydrogen-bond acceptors (Lipinski definition) is 2. The van der Waals surface area contributed by atoms with E-state index in [2.05, 4.69) is 41.7 Å². The first-order chi connectivity index (χ1) is 11.3. The Bertz CT molecular complexity index is 667. The molecule has 0 heterocycles. The smallest absolute Gasteiger partial charge is 0.220 e. The standard InChI is InChI=1S/C20H26N2O/c21-14-18-7-3-4-8-19(18)22-20(23)12-10-15-9-11-16-5-1-2-6-17(16)13-15/h1-2,5-6,9,11,13,18-19H,3-4,7-8,10,12,14,21H2,(H,22,23). The topological polar surface area (TPSA) is 55.1 Å². The molecule has 0 spiro atoms. The van der Waals surface area contributed by atoms with Gasteiger partial charge in [0.25, 0.3) is 0 Å². The summed E-state index contributed by atoms with van der Waals surface area (Å²) in [6.45, 7) is 0.676. The highest BCUT2D eigenvalue weighted by Crippen LogP contribution is 2.23. The summed E-state index contributed by atoms with van der Waals surface area (Å²) in [7, 11) is 0. The maximum Gasteiger partial charge on any atom is 0.220 e. The van der Waals surface area contributed by atoms with Crippen LogP contribution < -0.4 is 11.1 Å². The Labute approximate surface area is 138 Å². The molecule has 3 N–H and O–H groups in total. The summed E-state index contributed by atoms with van der Waals surface area (Å²) in [5.74, 6) is 0.608. The molecule has 2 aromatic rings. The highest BCUT2D eigenvalue weighted by atomic mass is 16.1. The lowest BCUT2D eigenvalue weighted by Gasteiger charge is -2.31. The van der Waals surface area contributed by atoms with Gasteiger partial charge in [-0.05, 0) is 48.1 Å². The minimum atomic E-state index is 0.156. The first-order valence-electron chi connectivity index (χ1n) is 8.73. The molecule has 122 valence electrons. The van der Waals surface area contributed by atoms with E-state index in [1.807, 2.05) is 6.07 Å². The molecule has 0 aliphatic heterocycles. The number of nitrogens with two attached hydrogens (primary N) is 1. The van der Waals surface area contributed by atoms with Crippen LogP contribution in [0.25, 0.3) is 10.8 Å². The van der Waals surface area contributed by atoms with E-state index in [1.165, 1.54) is 29.2 Å². The first kappa shape index (κ1) is 16.0. The zero-order valence-corrected chi connectivity index (χ0v) is 13.6. The van der Waals surface area contributed by atoms with Crippen LogP contribution in [0.3, 0.4) is 0 Å². The zero-order chi connectivity index (χ0) is 16.1. The van der Waals surface area contributed by atoms with Gasteiger partial charge in [0.2, 0.25) is 5.91 Å². The summed E-state index contributed by atoms with van der Waals surface area (Å²) in [5.41, 5.74) is 7.06. The number of carbonyl (C=O) groups excluding carboxylic acids is 1. The van der Waals surface area contributed by atoms with E-state index in [4.69, 9.17) is 5.73 Å². The number of nitrogens with one attached hydrogen (secondary N) is 1. The molecule has 23 heavy (non-hydrogen) atoms. The predicted octanol–water partition coefficient (Wildman–Crippen LogP) is 3.41. The summed E-state index contributed by atoms with van der Waals surface area (Å²) in [6, 6.07) is 15.0. The minimum absolute atomic E-state index is 0.156. The monoisotopic (exact) mass is 310 g/mol. The number of aryl methyl sites for hydroxylation is 1. The first-order valence-corrected chi connectivity index (χ1v) is 8.73. The van der Waals surface area contributed by atoms with E-state index in [0.717, 1.165) is 19.3 Å². The normalized spacial score (nSPS) is 21.3. The molecule has 2 aromatic carbocycles. The molecule has 1 aliphatic rings. The largest absolute Gasteiger partial charge is 0.353 e. The van der Waals surface area contributed by atoms with E-state index in [9.17, 15) is 4.79 Å². The molecule has 0 bridgehead atoms. The van der Waals surface area contributed by atoms with Crippen LogP contribution in [0, 0.1) is 5.92 Å². The summed E-state index contributed by atoms with van der Waals surface area (Å²) >= 11 is 0. The van der Waals surface area contributed by atoms with Gasteiger partial charge >= 0.3 is 0 Å². The minimum Gasteiger partial charge on any atom is -0.353 e. The molecular weight excluding hydrogens is 284 g/mol. The SMILES string of the molecule is NCC1CCCCC1NC(=O)CCc1ccc2ccccc2c1. The molecule has 2 atom stereocenters. The summed E-state index contributed by atoms with van der Waals surface area (Å²) in [6.07, 6.45) is 6.00. The van der Waals surface area contributed by atoms with Gasteiger partial charge in [0.15, 0.2) is 0 Å². The third-order valence-corrected chi connectivity index (χ3v) is 5.01. The molecule has 3 heteroatoms. The van der Waals surface area contributed by atoms with Crippen molar-refractivity contribution in [3.63, 3.8) is 0 Å². The Kier molecular flexibility index (Phi) is 5.29. The Morgan fingerprint density at radius 2 is 1.87 bits per heavy atom. The van der Waals surface area contributed by atoms with Crippen molar-refractivity contribution in [1.29, 1.82) is 0 Å². The van der Waals surface area contributed by atoms with Crippen LogP contribution in [0.5, 0.6) is 0 Å². The number of benzene rings is 2. The Balaban J connectivity index is 1.55. The lowest BCUT2D eigenvalue weighted by Crippen LogP contribution is -2.44. The van der Waals surface area contributed by atoms with E-state index >= 15 is 0 Å². The van der Waals surface area contributed by atoms with Gasteiger partial charge in [-0.15, -0.1) is 0 Å². The van der Waals surface area contributed by atoms with Crippen LogP contribution in [0.1, 0.15) is 37.7 Å². The molecule has 0 saturated heterocycles. The average Bonchev–Trinajstić information content (AvgIpc) is 2.60. The molecule has 1 saturated carbocycles. The van der Waals surface area contributed by atoms with Crippen LogP contribution >= 0.6 is 0 Å². The average molecular weight is 310 g/mol. The van der Waals surface area contributed by atoms with E-state index in [1.54, 1.807) is 0 Å². The lowest BCUT2D eigenvalue weighted by atomic mass is 9.84. The van der Waals surface area contributed by atoms with Crippen molar-refractivity contribution in [2.24, 2.45) is 11.7 Å². The fraction of sp³-hybridized carbons (Fsp3) is 0.450. The second-order valence-corrected chi connectivity index (χ2v) is 6.64. The lowest BCUT2D eigenvalue weighted by molar-refractivity contribution is -0.122. The molecule has 1 aliphatic carbocycles. The molecule has 0 aromatic heterocycles. The Hall–Kier alpha value is -1.87. The van der Waals surface area contributed by atoms with Gasteiger partial charge < -0.3 is 11.1 Å². The van der Waals surface area contributed by atoms with Gasteiger partial charge in [-0.3, -0.25) is 4.79 Å². The molecule has 3 nitrogen and oxygen atoms in total. The van der Waals surface area contributed by atoms with Gasteiger partial charge in [-0.1, -0.05) is 55.3 Å². The number of amides is 1. The van der Waals surface area contributed by atoms with Crippen molar-refractivity contribution >= 4 is 16.7 Å². The molecular formula is C20H26N2O. The van der Waals surface area contributed by atoms with Crippen LogP contribution in [0.15, 0.2) is 42.5 Å². The van der Waals surface area contributed by atoms with E-state index in [0.29, 0.717) is 18.9 Å². The fourth-order valence-electron chi connectivity index (χ4n) is 3.61.